The summed E-state index contributed by atoms with van der Waals surface area (Å²) >= 11 is 3.23. The second-order valence-corrected chi connectivity index (χ2v) is 4.81. The number of benzene rings is 1. The predicted octanol–water partition coefficient (Wildman–Crippen LogP) is 2.51. The van der Waals surface area contributed by atoms with Crippen molar-refractivity contribution in [1.29, 1.82) is 0 Å². The molecule has 17 heavy (non-hydrogen) atoms. The van der Waals surface area contributed by atoms with Crippen molar-refractivity contribution in [1.82, 2.24) is 0 Å². The zero-order chi connectivity index (χ0) is 12.4. The molecule has 0 amide bonds. The minimum absolute atomic E-state index is 0.174. The van der Waals surface area contributed by atoms with Crippen LogP contribution in [0.1, 0.15) is 13.3 Å². The molecule has 0 bridgehead atoms. The monoisotopic (exact) mass is 304 g/mol. The van der Waals surface area contributed by atoms with E-state index in [4.69, 9.17) is 9.47 Å². The van der Waals surface area contributed by atoms with Crippen molar-refractivity contribution in [3.63, 3.8) is 0 Å². The third-order valence-corrected chi connectivity index (χ3v) is 3.37. The molecule has 3 nitrogen and oxygen atoms in total. The molecule has 5 heteroatoms. The van der Waals surface area contributed by atoms with Gasteiger partial charge in [0.25, 0.3) is 0 Å². The van der Waals surface area contributed by atoms with Gasteiger partial charge in [-0.15, -0.1) is 0 Å². The Morgan fingerprint density at radius 3 is 2.88 bits per heavy atom. The van der Waals surface area contributed by atoms with Crippen LogP contribution in [0.15, 0.2) is 22.7 Å². The predicted molar refractivity (Wildman–Crippen MR) is 64.6 cm³/mol. The summed E-state index contributed by atoms with van der Waals surface area (Å²) in [6, 6.07) is 4.25. The SMILES string of the molecule is CCOC1C(O)CC1Oc1ccc(F)cc1Br. The fourth-order valence-corrected chi connectivity index (χ4v) is 2.26. The van der Waals surface area contributed by atoms with E-state index in [9.17, 15) is 9.50 Å². The number of ether oxygens (including phenoxy) is 2. The Hall–Kier alpha value is -0.650. The van der Waals surface area contributed by atoms with Crippen molar-refractivity contribution in [2.45, 2.75) is 31.7 Å². The lowest BCUT2D eigenvalue weighted by Gasteiger charge is -2.40. The van der Waals surface area contributed by atoms with E-state index in [-0.39, 0.29) is 18.0 Å². The first kappa shape index (κ1) is 12.8. The standard InChI is InChI=1S/C12H14BrFO3/c1-2-16-12-9(15)6-11(12)17-10-4-3-7(14)5-8(10)13/h3-5,9,11-12,15H,2,6H2,1H3. The highest BCUT2D eigenvalue weighted by atomic mass is 79.9. The Kier molecular flexibility index (Phi) is 4.01. The molecule has 0 heterocycles. The molecular formula is C12H14BrFO3. The van der Waals surface area contributed by atoms with E-state index < -0.39 is 6.10 Å². The molecule has 1 aromatic rings. The Bertz CT molecular complexity index is 399. The van der Waals surface area contributed by atoms with Crippen molar-refractivity contribution in [2.24, 2.45) is 0 Å². The van der Waals surface area contributed by atoms with Gasteiger partial charge in [-0.05, 0) is 41.1 Å². The number of hydrogen-bond donors (Lipinski definition) is 1. The average molecular weight is 305 g/mol. The summed E-state index contributed by atoms with van der Waals surface area (Å²) in [4.78, 5) is 0. The maximum absolute atomic E-state index is 12.9. The Labute approximate surface area is 108 Å². The summed E-state index contributed by atoms with van der Waals surface area (Å²) < 4.78 is 24.5. The molecule has 3 atom stereocenters. The molecule has 94 valence electrons. The van der Waals surface area contributed by atoms with Crippen LogP contribution in [0.2, 0.25) is 0 Å². The molecule has 0 saturated heterocycles. The van der Waals surface area contributed by atoms with Gasteiger partial charge in [0, 0.05) is 13.0 Å². The van der Waals surface area contributed by atoms with Crippen molar-refractivity contribution >= 4 is 15.9 Å². The van der Waals surface area contributed by atoms with Gasteiger partial charge in [-0.2, -0.15) is 0 Å². The van der Waals surface area contributed by atoms with Crippen LogP contribution in [-0.4, -0.2) is 30.0 Å². The van der Waals surface area contributed by atoms with Gasteiger partial charge in [-0.1, -0.05) is 0 Å². The zero-order valence-electron chi connectivity index (χ0n) is 9.40. The third kappa shape index (κ3) is 2.78. The van der Waals surface area contributed by atoms with Crippen LogP contribution >= 0.6 is 15.9 Å². The highest BCUT2D eigenvalue weighted by Crippen LogP contribution is 2.33. The molecule has 0 spiro atoms. The topological polar surface area (TPSA) is 38.7 Å². The van der Waals surface area contributed by atoms with Crippen LogP contribution in [-0.2, 0) is 4.74 Å². The van der Waals surface area contributed by atoms with Crippen LogP contribution < -0.4 is 4.74 Å². The number of aliphatic hydroxyl groups is 1. The van der Waals surface area contributed by atoms with Crippen molar-refractivity contribution < 1.29 is 19.0 Å². The first-order valence-electron chi connectivity index (χ1n) is 5.53. The van der Waals surface area contributed by atoms with Gasteiger partial charge in [0.15, 0.2) is 0 Å². The number of rotatable bonds is 4. The molecule has 0 radical (unpaired) electrons. The van der Waals surface area contributed by atoms with Crippen molar-refractivity contribution in [3.8, 4) is 5.75 Å². The van der Waals surface area contributed by atoms with E-state index in [0.717, 1.165) is 0 Å². The van der Waals surface area contributed by atoms with Crippen LogP contribution in [0.5, 0.6) is 5.75 Å². The summed E-state index contributed by atoms with van der Waals surface area (Å²) in [5.74, 6) is 0.243. The van der Waals surface area contributed by atoms with Gasteiger partial charge in [-0.25, -0.2) is 4.39 Å². The van der Waals surface area contributed by atoms with E-state index in [1.807, 2.05) is 6.92 Å². The maximum atomic E-state index is 12.9. The smallest absolute Gasteiger partial charge is 0.134 e. The molecule has 1 aromatic carbocycles. The summed E-state index contributed by atoms with van der Waals surface area (Å²) in [6.45, 7) is 2.40. The molecule has 1 aliphatic rings. The van der Waals surface area contributed by atoms with E-state index in [0.29, 0.717) is 23.2 Å². The molecule has 1 fully saturated rings. The van der Waals surface area contributed by atoms with Crippen LogP contribution in [0.3, 0.4) is 0 Å². The van der Waals surface area contributed by atoms with Crippen LogP contribution in [0.4, 0.5) is 4.39 Å². The van der Waals surface area contributed by atoms with Crippen LogP contribution in [0.25, 0.3) is 0 Å². The fraction of sp³-hybridized carbons (Fsp3) is 0.500. The second kappa shape index (κ2) is 5.33. The Balaban J connectivity index is 2.01. The first-order valence-corrected chi connectivity index (χ1v) is 6.32. The van der Waals surface area contributed by atoms with E-state index in [2.05, 4.69) is 15.9 Å². The van der Waals surface area contributed by atoms with Gasteiger partial charge >= 0.3 is 0 Å². The molecule has 0 aromatic heterocycles. The Morgan fingerprint density at radius 1 is 1.53 bits per heavy atom. The largest absolute Gasteiger partial charge is 0.486 e. The number of halogens is 2. The third-order valence-electron chi connectivity index (χ3n) is 2.75. The summed E-state index contributed by atoms with van der Waals surface area (Å²) in [6.07, 6.45) is -0.406. The zero-order valence-corrected chi connectivity index (χ0v) is 11.0. The highest BCUT2D eigenvalue weighted by Gasteiger charge is 2.42. The first-order chi connectivity index (χ1) is 8.11. The lowest BCUT2D eigenvalue weighted by molar-refractivity contribution is -0.160. The van der Waals surface area contributed by atoms with E-state index in [1.54, 1.807) is 6.07 Å². The number of aliphatic hydroxyl groups excluding tert-OH is 1. The fourth-order valence-electron chi connectivity index (χ4n) is 1.82. The minimum atomic E-state index is -0.473. The van der Waals surface area contributed by atoms with E-state index >= 15 is 0 Å². The number of hydrogen-bond acceptors (Lipinski definition) is 3. The highest BCUT2D eigenvalue weighted by molar-refractivity contribution is 9.10. The van der Waals surface area contributed by atoms with Gasteiger partial charge < -0.3 is 14.6 Å². The average Bonchev–Trinajstić information content (AvgIpc) is 2.28. The molecule has 1 N–H and O–H groups in total. The molecule has 1 saturated carbocycles. The normalized spacial score (nSPS) is 27.6. The second-order valence-electron chi connectivity index (χ2n) is 3.95. The lowest BCUT2D eigenvalue weighted by atomic mass is 9.88. The maximum Gasteiger partial charge on any atom is 0.134 e. The van der Waals surface area contributed by atoms with Gasteiger partial charge in [0.05, 0.1) is 10.6 Å². The van der Waals surface area contributed by atoms with Crippen molar-refractivity contribution in [3.05, 3.63) is 28.5 Å². The lowest BCUT2D eigenvalue weighted by Crippen LogP contribution is -2.55. The van der Waals surface area contributed by atoms with E-state index in [1.165, 1.54) is 12.1 Å². The molecular weight excluding hydrogens is 291 g/mol. The van der Waals surface area contributed by atoms with Gasteiger partial charge in [-0.3, -0.25) is 0 Å². The summed E-state index contributed by atoms with van der Waals surface area (Å²) in [5, 5.41) is 9.52. The summed E-state index contributed by atoms with van der Waals surface area (Å²) in [5.41, 5.74) is 0. The molecule has 2 rings (SSSR count). The van der Waals surface area contributed by atoms with Crippen molar-refractivity contribution in [2.75, 3.05) is 6.61 Å². The van der Waals surface area contributed by atoms with Gasteiger partial charge in [0.2, 0.25) is 0 Å². The summed E-state index contributed by atoms with van der Waals surface area (Å²) in [7, 11) is 0. The Morgan fingerprint density at radius 2 is 2.29 bits per heavy atom. The van der Waals surface area contributed by atoms with Gasteiger partial charge in [0.1, 0.15) is 23.8 Å². The molecule has 3 unspecified atom stereocenters. The molecule has 1 aliphatic carbocycles. The quantitative estimate of drug-likeness (QED) is 0.929. The molecule has 0 aliphatic heterocycles. The minimum Gasteiger partial charge on any atom is -0.486 e. The van der Waals surface area contributed by atoms with Crippen LogP contribution in [0, 0.1) is 5.82 Å².